The number of nitrogens with zero attached hydrogens (tertiary/aromatic N) is 1. The number of hydrogen-bond donors (Lipinski definition) is 0. The molecule has 0 aliphatic heterocycles. The minimum atomic E-state index is -4.47. The van der Waals surface area contributed by atoms with Gasteiger partial charge in [-0.1, -0.05) is 11.6 Å². The summed E-state index contributed by atoms with van der Waals surface area (Å²) >= 11 is 5.52. The van der Waals surface area contributed by atoms with Gasteiger partial charge in [-0.15, -0.1) is 0 Å². The molecule has 6 nitrogen and oxygen atoms in total. The van der Waals surface area contributed by atoms with Crippen LogP contribution in [-0.4, -0.2) is 17.9 Å². The summed E-state index contributed by atoms with van der Waals surface area (Å²) in [5.41, 5.74) is -0.342. The summed E-state index contributed by atoms with van der Waals surface area (Å²) < 4.78 is 31.3. The number of non-ortho nitro benzene ring substituents is 1. The molecule has 0 radical (unpaired) electrons. The Kier molecular flexibility index (Phi) is 5.88. The van der Waals surface area contributed by atoms with E-state index in [9.17, 15) is 23.1 Å². The van der Waals surface area contributed by atoms with Crippen molar-refractivity contribution in [2.24, 2.45) is 0 Å². The van der Waals surface area contributed by atoms with E-state index in [2.05, 4.69) is 0 Å². The Bertz CT molecular complexity index is 503. The molecule has 0 bridgehead atoms. The van der Waals surface area contributed by atoms with E-state index in [0.717, 1.165) is 12.1 Å². The van der Waals surface area contributed by atoms with E-state index in [1.54, 1.807) is 0 Å². The zero-order chi connectivity index (χ0) is 11.6. The van der Waals surface area contributed by atoms with Crippen molar-refractivity contribution in [2.45, 2.75) is 5.75 Å². The van der Waals surface area contributed by atoms with Crippen LogP contribution in [0.4, 0.5) is 5.69 Å². The van der Waals surface area contributed by atoms with Crippen molar-refractivity contribution >= 4 is 27.4 Å². The molecule has 0 aliphatic carbocycles. The number of rotatable bonds is 3. The first-order valence-electron chi connectivity index (χ1n) is 3.65. The van der Waals surface area contributed by atoms with Gasteiger partial charge < -0.3 is 4.55 Å². The second kappa shape index (κ2) is 5.95. The van der Waals surface area contributed by atoms with Crippen LogP contribution in [0.2, 0.25) is 5.02 Å². The molecule has 0 N–H and O–H groups in total. The fourth-order valence-electron chi connectivity index (χ4n) is 1.03. The molecule has 0 amide bonds. The zero-order valence-corrected chi connectivity index (χ0v) is 11.8. The van der Waals surface area contributed by atoms with Gasteiger partial charge in [0.1, 0.15) is 0 Å². The fourth-order valence-corrected chi connectivity index (χ4v) is 1.85. The second-order valence-corrected chi connectivity index (χ2v) is 4.62. The van der Waals surface area contributed by atoms with Crippen molar-refractivity contribution in [2.75, 3.05) is 0 Å². The summed E-state index contributed by atoms with van der Waals surface area (Å²) in [6.07, 6.45) is 0. The molecule has 16 heavy (non-hydrogen) atoms. The van der Waals surface area contributed by atoms with Crippen LogP contribution in [0.3, 0.4) is 0 Å². The SMILES string of the molecule is O=[N+]([O-])c1cc(Cl)cc(CS(=O)(=O)[O-])c1.[Na+]. The maximum atomic E-state index is 10.4. The van der Waals surface area contributed by atoms with Crippen molar-refractivity contribution in [3.8, 4) is 0 Å². The van der Waals surface area contributed by atoms with E-state index in [-0.39, 0.29) is 45.8 Å². The van der Waals surface area contributed by atoms with Crippen LogP contribution in [0, 0.1) is 10.1 Å². The van der Waals surface area contributed by atoms with Crippen LogP contribution in [0.15, 0.2) is 18.2 Å². The van der Waals surface area contributed by atoms with Crippen LogP contribution in [0.25, 0.3) is 0 Å². The Morgan fingerprint density at radius 2 is 1.88 bits per heavy atom. The van der Waals surface area contributed by atoms with Crippen molar-refractivity contribution < 1.29 is 47.5 Å². The molecule has 0 fully saturated rings. The third-order valence-electron chi connectivity index (χ3n) is 1.50. The first kappa shape index (κ1) is 15.8. The van der Waals surface area contributed by atoms with E-state index in [1.807, 2.05) is 0 Å². The van der Waals surface area contributed by atoms with E-state index in [4.69, 9.17) is 11.6 Å². The van der Waals surface area contributed by atoms with E-state index in [1.165, 1.54) is 6.07 Å². The normalized spacial score (nSPS) is 10.6. The van der Waals surface area contributed by atoms with Crippen LogP contribution in [-0.2, 0) is 15.9 Å². The van der Waals surface area contributed by atoms with Gasteiger partial charge in [0.2, 0.25) is 0 Å². The number of nitro groups is 1. The molecule has 0 aromatic heterocycles. The van der Waals surface area contributed by atoms with Crippen LogP contribution in [0.5, 0.6) is 0 Å². The van der Waals surface area contributed by atoms with Crippen molar-refractivity contribution in [3.05, 3.63) is 38.9 Å². The Morgan fingerprint density at radius 1 is 1.31 bits per heavy atom. The number of halogens is 1. The minimum Gasteiger partial charge on any atom is -0.748 e. The van der Waals surface area contributed by atoms with E-state index >= 15 is 0 Å². The Labute approximate surface area is 119 Å². The molecular weight excluding hydrogens is 269 g/mol. The predicted octanol–water partition coefficient (Wildman–Crippen LogP) is -1.70. The summed E-state index contributed by atoms with van der Waals surface area (Å²) in [6, 6.07) is 3.27. The molecule has 0 saturated carbocycles. The first-order valence-corrected chi connectivity index (χ1v) is 5.61. The molecule has 0 heterocycles. The van der Waals surface area contributed by atoms with Gasteiger partial charge in [-0.2, -0.15) is 0 Å². The standard InChI is InChI=1S/C7H6ClNO5S.Na/c8-6-1-5(4-15(12,13)14)2-7(3-6)9(10)11;/h1-3H,4H2,(H,12,13,14);/q;+1/p-1. The summed E-state index contributed by atoms with van der Waals surface area (Å²) in [7, 11) is -4.47. The summed E-state index contributed by atoms with van der Waals surface area (Å²) in [5, 5.41) is 10.4. The van der Waals surface area contributed by atoms with Gasteiger partial charge >= 0.3 is 29.6 Å². The third-order valence-corrected chi connectivity index (χ3v) is 2.40. The van der Waals surface area contributed by atoms with E-state index in [0.29, 0.717) is 0 Å². The molecule has 1 rings (SSSR count). The molecule has 0 saturated heterocycles. The van der Waals surface area contributed by atoms with Gasteiger partial charge in [-0.05, 0) is 11.6 Å². The molecular formula is C7H5ClNNaO5S. The van der Waals surface area contributed by atoms with Crippen molar-refractivity contribution in [1.82, 2.24) is 0 Å². The maximum absolute atomic E-state index is 10.4. The number of hydrogen-bond acceptors (Lipinski definition) is 5. The monoisotopic (exact) mass is 273 g/mol. The molecule has 0 atom stereocenters. The van der Waals surface area contributed by atoms with Gasteiger partial charge in [0.25, 0.3) is 5.69 Å². The molecule has 0 spiro atoms. The average Bonchev–Trinajstić information content (AvgIpc) is 1.99. The van der Waals surface area contributed by atoms with Crippen LogP contribution >= 0.6 is 11.6 Å². The Balaban J connectivity index is 0.00000225. The topological polar surface area (TPSA) is 100 Å². The van der Waals surface area contributed by atoms with Gasteiger partial charge in [-0.25, -0.2) is 8.42 Å². The second-order valence-electron chi connectivity index (χ2n) is 2.78. The third kappa shape index (κ3) is 5.24. The van der Waals surface area contributed by atoms with Gasteiger partial charge in [0.05, 0.1) is 20.8 Å². The van der Waals surface area contributed by atoms with E-state index < -0.39 is 20.8 Å². The molecule has 0 aliphatic rings. The van der Waals surface area contributed by atoms with Crippen molar-refractivity contribution in [3.63, 3.8) is 0 Å². The smallest absolute Gasteiger partial charge is 0.748 e. The maximum Gasteiger partial charge on any atom is 1.00 e. The Hall–Kier alpha value is -0.180. The molecule has 9 heteroatoms. The van der Waals surface area contributed by atoms with Crippen molar-refractivity contribution in [1.29, 1.82) is 0 Å². The van der Waals surface area contributed by atoms with Crippen LogP contribution < -0.4 is 29.6 Å². The summed E-state index contributed by atoms with van der Waals surface area (Å²) in [4.78, 5) is 9.67. The number of benzene rings is 1. The molecule has 1 aromatic carbocycles. The summed E-state index contributed by atoms with van der Waals surface area (Å²) in [6.45, 7) is 0. The average molecular weight is 274 g/mol. The van der Waals surface area contributed by atoms with Gasteiger partial charge in [-0.3, -0.25) is 10.1 Å². The molecule has 1 aromatic rings. The zero-order valence-electron chi connectivity index (χ0n) is 8.21. The van der Waals surface area contributed by atoms with Gasteiger partial charge in [0, 0.05) is 17.2 Å². The minimum absolute atomic E-state index is 0. The number of nitro benzene ring substituents is 1. The first-order chi connectivity index (χ1) is 6.78. The molecule has 82 valence electrons. The van der Waals surface area contributed by atoms with Gasteiger partial charge in [0.15, 0.2) is 0 Å². The Morgan fingerprint density at radius 3 is 2.31 bits per heavy atom. The predicted molar refractivity (Wildman–Crippen MR) is 51.5 cm³/mol. The quantitative estimate of drug-likeness (QED) is 0.283. The fraction of sp³-hybridized carbons (Fsp3) is 0.143. The van der Waals surface area contributed by atoms with Crippen LogP contribution in [0.1, 0.15) is 5.56 Å². The molecule has 0 unspecified atom stereocenters. The summed E-state index contributed by atoms with van der Waals surface area (Å²) in [5.74, 6) is -0.811. The largest absolute Gasteiger partial charge is 1.00 e.